The lowest BCUT2D eigenvalue weighted by Gasteiger charge is -2.01. The minimum atomic E-state index is -0.838. The SMILES string of the molecule is CCCCCCCCCC(=O)C=C(O)C(=O)OCC. The maximum atomic E-state index is 11.5. The highest BCUT2D eigenvalue weighted by Gasteiger charge is 2.10. The Labute approximate surface area is 115 Å². The summed E-state index contributed by atoms with van der Waals surface area (Å²) >= 11 is 0. The van der Waals surface area contributed by atoms with Crippen LogP contribution in [-0.4, -0.2) is 23.5 Å². The molecule has 0 aromatic carbocycles. The fourth-order valence-electron chi connectivity index (χ4n) is 1.74. The molecule has 4 heteroatoms. The Kier molecular flexibility index (Phi) is 10.9. The maximum Gasteiger partial charge on any atom is 0.373 e. The normalized spacial score (nSPS) is 11.4. The zero-order valence-electron chi connectivity index (χ0n) is 12.1. The molecule has 0 rings (SSSR count). The lowest BCUT2D eigenvalue weighted by atomic mass is 10.1. The number of esters is 1. The van der Waals surface area contributed by atoms with Crippen LogP contribution in [0.4, 0.5) is 0 Å². The first kappa shape index (κ1) is 17.7. The van der Waals surface area contributed by atoms with Crippen molar-refractivity contribution < 1.29 is 19.4 Å². The maximum absolute atomic E-state index is 11.5. The van der Waals surface area contributed by atoms with Gasteiger partial charge in [-0.1, -0.05) is 45.4 Å². The van der Waals surface area contributed by atoms with E-state index in [4.69, 9.17) is 0 Å². The molecule has 110 valence electrons. The molecule has 0 spiro atoms. The summed E-state index contributed by atoms with van der Waals surface area (Å²) in [7, 11) is 0. The molecular formula is C15H26O4. The number of unbranched alkanes of at least 4 members (excludes halogenated alkanes) is 6. The number of hydrogen-bond acceptors (Lipinski definition) is 4. The summed E-state index contributed by atoms with van der Waals surface area (Å²) in [5.74, 6) is -1.66. The number of aliphatic hydroxyl groups excluding tert-OH is 1. The van der Waals surface area contributed by atoms with Gasteiger partial charge in [0.15, 0.2) is 5.78 Å². The van der Waals surface area contributed by atoms with Gasteiger partial charge in [-0.3, -0.25) is 4.79 Å². The van der Waals surface area contributed by atoms with E-state index in [2.05, 4.69) is 11.7 Å². The quantitative estimate of drug-likeness (QED) is 0.269. The highest BCUT2D eigenvalue weighted by Crippen LogP contribution is 2.09. The lowest BCUT2D eigenvalue weighted by Crippen LogP contribution is -2.09. The van der Waals surface area contributed by atoms with E-state index >= 15 is 0 Å². The van der Waals surface area contributed by atoms with Crippen molar-refractivity contribution in [1.29, 1.82) is 0 Å². The number of aliphatic hydroxyl groups is 1. The summed E-state index contributed by atoms with van der Waals surface area (Å²) in [5.41, 5.74) is 0. The fraction of sp³-hybridized carbons (Fsp3) is 0.733. The molecule has 0 aliphatic carbocycles. The monoisotopic (exact) mass is 270 g/mol. The second kappa shape index (κ2) is 11.8. The molecule has 0 fully saturated rings. The highest BCUT2D eigenvalue weighted by molar-refractivity contribution is 5.97. The molecule has 0 saturated carbocycles. The number of carbonyl (C=O) groups is 2. The van der Waals surface area contributed by atoms with Crippen LogP contribution in [0.1, 0.15) is 65.2 Å². The summed E-state index contributed by atoms with van der Waals surface area (Å²) < 4.78 is 4.58. The number of allylic oxidation sites excluding steroid dienone is 1. The van der Waals surface area contributed by atoms with Crippen molar-refractivity contribution in [3.63, 3.8) is 0 Å². The Bertz CT molecular complexity index is 295. The van der Waals surface area contributed by atoms with Crippen LogP contribution in [0.3, 0.4) is 0 Å². The van der Waals surface area contributed by atoms with E-state index < -0.39 is 11.7 Å². The topological polar surface area (TPSA) is 63.6 Å². The van der Waals surface area contributed by atoms with Gasteiger partial charge < -0.3 is 9.84 Å². The largest absolute Gasteiger partial charge is 0.502 e. The van der Waals surface area contributed by atoms with E-state index in [-0.39, 0.29) is 12.4 Å². The minimum Gasteiger partial charge on any atom is -0.502 e. The second-order valence-electron chi connectivity index (χ2n) is 4.59. The van der Waals surface area contributed by atoms with Crippen LogP contribution in [0, 0.1) is 0 Å². The summed E-state index contributed by atoms with van der Waals surface area (Å²) in [5, 5.41) is 9.28. The van der Waals surface area contributed by atoms with Gasteiger partial charge in [-0.05, 0) is 13.3 Å². The number of ketones is 1. The van der Waals surface area contributed by atoms with Crippen molar-refractivity contribution in [3.8, 4) is 0 Å². The molecule has 0 amide bonds. The molecule has 0 radical (unpaired) electrons. The van der Waals surface area contributed by atoms with E-state index in [0.29, 0.717) is 6.42 Å². The number of ether oxygens (including phenoxy) is 1. The standard InChI is InChI=1S/C15H26O4/c1-3-5-6-7-8-9-10-11-13(16)12-14(17)15(18)19-4-2/h12,17H,3-11H2,1-2H3. The van der Waals surface area contributed by atoms with Gasteiger partial charge in [-0.2, -0.15) is 0 Å². The van der Waals surface area contributed by atoms with E-state index in [1.165, 1.54) is 25.7 Å². The van der Waals surface area contributed by atoms with Gasteiger partial charge >= 0.3 is 5.97 Å². The van der Waals surface area contributed by atoms with Crippen LogP contribution in [-0.2, 0) is 14.3 Å². The number of carbonyl (C=O) groups excluding carboxylic acids is 2. The molecule has 0 aromatic rings. The first-order chi connectivity index (χ1) is 9.11. The van der Waals surface area contributed by atoms with Gasteiger partial charge in [0, 0.05) is 12.5 Å². The van der Waals surface area contributed by atoms with Crippen molar-refractivity contribution in [2.24, 2.45) is 0 Å². The molecule has 0 bridgehead atoms. The molecule has 0 aliphatic heterocycles. The van der Waals surface area contributed by atoms with E-state index in [0.717, 1.165) is 25.3 Å². The van der Waals surface area contributed by atoms with Crippen molar-refractivity contribution in [3.05, 3.63) is 11.8 Å². The third-order valence-corrected chi connectivity index (χ3v) is 2.81. The Morgan fingerprint density at radius 3 is 2.16 bits per heavy atom. The van der Waals surface area contributed by atoms with Crippen LogP contribution in [0.15, 0.2) is 11.8 Å². The highest BCUT2D eigenvalue weighted by atomic mass is 16.5. The Morgan fingerprint density at radius 1 is 1.00 bits per heavy atom. The Balaban J connectivity index is 3.69. The van der Waals surface area contributed by atoms with E-state index in [9.17, 15) is 14.7 Å². The van der Waals surface area contributed by atoms with Crippen molar-refractivity contribution >= 4 is 11.8 Å². The average molecular weight is 270 g/mol. The van der Waals surface area contributed by atoms with Gasteiger partial charge in [0.1, 0.15) is 0 Å². The summed E-state index contributed by atoms with van der Waals surface area (Å²) in [6.45, 7) is 4.01. The molecule has 0 atom stereocenters. The predicted octanol–water partition coefficient (Wildman–Crippen LogP) is 3.70. The first-order valence-electron chi connectivity index (χ1n) is 7.22. The van der Waals surface area contributed by atoms with Gasteiger partial charge in [-0.25, -0.2) is 4.79 Å². The van der Waals surface area contributed by atoms with Gasteiger partial charge in [0.25, 0.3) is 0 Å². The number of hydrogen-bond donors (Lipinski definition) is 1. The van der Waals surface area contributed by atoms with E-state index in [1.807, 2.05) is 0 Å². The average Bonchev–Trinajstić information content (AvgIpc) is 2.38. The van der Waals surface area contributed by atoms with Crippen LogP contribution in [0.2, 0.25) is 0 Å². The molecule has 0 unspecified atom stereocenters. The predicted molar refractivity (Wildman–Crippen MR) is 75.0 cm³/mol. The molecule has 0 heterocycles. The van der Waals surface area contributed by atoms with Crippen LogP contribution >= 0.6 is 0 Å². The fourth-order valence-corrected chi connectivity index (χ4v) is 1.74. The zero-order chi connectivity index (χ0) is 14.5. The Morgan fingerprint density at radius 2 is 1.58 bits per heavy atom. The van der Waals surface area contributed by atoms with Crippen molar-refractivity contribution in [1.82, 2.24) is 0 Å². The third-order valence-electron chi connectivity index (χ3n) is 2.81. The first-order valence-corrected chi connectivity index (χ1v) is 7.22. The zero-order valence-corrected chi connectivity index (χ0v) is 12.1. The van der Waals surface area contributed by atoms with Crippen molar-refractivity contribution in [2.75, 3.05) is 6.61 Å². The summed E-state index contributed by atoms with van der Waals surface area (Å²) in [6.07, 6.45) is 9.28. The van der Waals surface area contributed by atoms with Crippen LogP contribution in [0.5, 0.6) is 0 Å². The smallest absolute Gasteiger partial charge is 0.373 e. The van der Waals surface area contributed by atoms with Gasteiger partial charge in [0.05, 0.1) is 6.61 Å². The van der Waals surface area contributed by atoms with Crippen LogP contribution in [0.25, 0.3) is 0 Å². The summed E-state index contributed by atoms with van der Waals surface area (Å²) in [6, 6.07) is 0. The third kappa shape index (κ3) is 10.3. The lowest BCUT2D eigenvalue weighted by molar-refractivity contribution is -0.141. The molecule has 0 aromatic heterocycles. The second-order valence-corrected chi connectivity index (χ2v) is 4.59. The van der Waals surface area contributed by atoms with Gasteiger partial charge in [0.2, 0.25) is 5.76 Å². The molecule has 4 nitrogen and oxygen atoms in total. The molecular weight excluding hydrogens is 244 g/mol. The van der Waals surface area contributed by atoms with E-state index in [1.54, 1.807) is 6.92 Å². The Hall–Kier alpha value is -1.32. The van der Waals surface area contributed by atoms with Crippen LogP contribution < -0.4 is 0 Å². The molecule has 0 saturated heterocycles. The summed E-state index contributed by atoms with van der Waals surface area (Å²) in [4.78, 5) is 22.5. The number of rotatable bonds is 11. The molecule has 0 aliphatic rings. The van der Waals surface area contributed by atoms with Crippen molar-refractivity contribution in [2.45, 2.75) is 65.2 Å². The molecule has 1 N–H and O–H groups in total. The molecule has 19 heavy (non-hydrogen) atoms. The van der Waals surface area contributed by atoms with Gasteiger partial charge in [-0.15, -0.1) is 0 Å². The minimum absolute atomic E-state index is 0.183.